The molecule has 21 heavy (non-hydrogen) atoms. The molecule has 0 saturated carbocycles. The molecule has 1 aromatic carbocycles. The zero-order chi connectivity index (χ0) is 15.2. The van der Waals surface area contributed by atoms with Crippen molar-refractivity contribution in [1.82, 2.24) is 9.80 Å². The summed E-state index contributed by atoms with van der Waals surface area (Å²) in [6.45, 7) is 9.70. The normalized spacial score (nSPS) is 17.3. The summed E-state index contributed by atoms with van der Waals surface area (Å²) in [6, 6.07) is 7.57. The van der Waals surface area contributed by atoms with Gasteiger partial charge in [-0.25, -0.2) is 0 Å². The van der Waals surface area contributed by atoms with Gasteiger partial charge < -0.3 is 9.64 Å². The maximum Gasteiger partial charge on any atom is 0.263 e. The van der Waals surface area contributed by atoms with Crippen molar-refractivity contribution in [3.8, 4) is 5.75 Å². The Balaban J connectivity index is 1.88. The number of hydrogen-bond acceptors (Lipinski definition) is 3. The maximum atomic E-state index is 12.4. The predicted molar refractivity (Wildman–Crippen MR) is 87.4 cm³/mol. The van der Waals surface area contributed by atoms with Crippen molar-refractivity contribution in [3.63, 3.8) is 0 Å². The standard InChI is InChI=1S/C16H21BrN2O2/c1-3-8-18-9-11-19(12-10-18)16(20)13(2)21-15-7-5-4-6-14(15)17/h3-7,13H,1,8-12H2,2H3/t13-/m0/s1. The van der Waals surface area contributed by atoms with E-state index in [1.807, 2.05) is 35.2 Å². The van der Waals surface area contributed by atoms with E-state index in [1.165, 1.54) is 0 Å². The fourth-order valence-electron chi connectivity index (χ4n) is 2.37. The molecular formula is C16H21BrN2O2. The monoisotopic (exact) mass is 352 g/mol. The van der Waals surface area contributed by atoms with E-state index in [4.69, 9.17) is 4.74 Å². The minimum atomic E-state index is -0.477. The van der Waals surface area contributed by atoms with Crippen LogP contribution < -0.4 is 4.74 Å². The Bertz CT molecular complexity index is 499. The van der Waals surface area contributed by atoms with Crippen LogP contribution in [0.25, 0.3) is 0 Å². The van der Waals surface area contributed by atoms with Gasteiger partial charge in [0.15, 0.2) is 6.10 Å². The molecule has 0 aromatic heterocycles. The first kappa shape index (κ1) is 16.0. The lowest BCUT2D eigenvalue weighted by molar-refractivity contribution is -0.139. The molecule has 1 aromatic rings. The van der Waals surface area contributed by atoms with Gasteiger partial charge in [0, 0.05) is 32.7 Å². The summed E-state index contributed by atoms with van der Waals surface area (Å²) >= 11 is 3.43. The first-order valence-corrected chi connectivity index (χ1v) is 7.94. The first-order chi connectivity index (χ1) is 10.1. The lowest BCUT2D eigenvalue weighted by Gasteiger charge is -2.35. The van der Waals surface area contributed by atoms with E-state index in [1.54, 1.807) is 6.92 Å². The Hall–Kier alpha value is -1.33. The average Bonchev–Trinajstić information content (AvgIpc) is 2.50. The van der Waals surface area contributed by atoms with E-state index in [0.717, 1.165) is 37.2 Å². The Morgan fingerprint density at radius 3 is 2.67 bits per heavy atom. The minimum Gasteiger partial charge on any atom is -0.480 e. The Morgan fingerprint density at radius 1 is 1.38 bits per heavy atom. The van der Waals surface area contributed by atoms with Crippen LogP contribution in [-0.4, -0.2) is 54.5 Å². The molecule has 0 radical (unpaired) electrons. The van der Waals surface area contributed by atoms with Crippen molar-refractivity contribution in [1.29, 1.82) is 0 Å². The number of benzene rings is 1. The largest absolute Gasteiger partial charge is 0.480 e. The zero-order valence-corrected chi connectivity index (χ0v) is 13.9. The van der Waals surface area contributed by atoms with Crippen LogP contribution in [-0.2, 0) is 4.79 Å². The Morgan fingerprint density at radius 2 is 2.05 bits per heavy atom. The smallest absolute Gasteiger partial charge is 0.263 e. The lowest BCUT2D eigenvalue weighted by Crippen LogP contribution is -2.51. The number of carbonyl (C=O) groups is 1. The van der Waals surface area contributed by atoms with Crippen LogP contribution in [0.2, 0.25) is 0 Å². The molecule has 5 heteroatoms. The summed E-state index contributed by atoms with van der Waals surface area (Å²) in [4.78, 5) is 16.6. The van der Waals surface area contributed by atoms with E-state index in [0.29, 0.717) is 5.75 Å². The molecule has 114 valence electrons. The van der Waals surface area contributed by atoms with Crippen LogP contribution in [0.15, 0.2) is 41.4 Å². The van der Waals surface area contributed by atoms with Crippen LogP contribution in [0.4, 0.5) is 0 Å². The quantitative estimate of drug-likeness (QED) is 0.763. The zero-order valence-electron chi connectivity index (χ0n) is 12.3. The van der Waals surface area contributed by atoms with E-state index in [2.05, 4.69) is 27.4 Å². The van der Waals surface area contributed by atoms with Crippen molar-refractivity contribution < 1.29 is 9.53 Å². The number of piperazine rings is 1. The van der Waals surface area contributed by atoms with Gasteiger partial charge in [-0.05, 0) is 35.0 Å². The van der Waals surface area contributed by atoms with Gasteiger partial charge in [0.05, 0.1) is 4.47 Å². The van der Waals surface area contributed by atoms with E-state index in [9.17, 15) is 4.79 Å². The molecule has 1 amide bonds. The third-order valence-electron chi connectivity index (χ3n) is 3.56. The summed E-state index contributed by atoms with van der Waals surface area (Å²) in [5.41, 5.74) is 0. The maximum absolute atomic E-state index is 12.4. The molecule has 1 aliphatic heterocycles. The second kappa shape index (κ2) is 7.61. The third kappa shape index (κ3) is 4.32. The summed E-state index contributed by atoms with van der Waals surface area (Å²) in [5.74, 6) is 0.743. The van der Waals surface area contributed by atoms with Gasteiger partial charge in [0.25, 0.3) is 5.91 Å². The summed E-state index contributed by atoms with van der Waals surface area (Å²) < 4.78 is 6.63. The van der Waals surface area contributed by atoms with Crippen LogP contribution >= 0.6 is 15.9 Å². The molecule has 1 saturated heterocycles. The second-order valence-corrected chi connectivity index (χ2v) is 5.96. The molecule has 2 rings (SSSR count). The van der Waals surface area contributed by atoms with Crippen molar-refractivity contribution in [2.75, 3.05) is 32.7 Å². The highest BCUT2D eigenvalue weighted by atomic mass is 79.9. The lowest BCUT2D eigenvalue weighted by atomic mass is 10.2. The van der Waals surface area contributed by atoms with E-state index < -0.39 is 6.10 Å². The molecule has 1 heterocycles. The molecule has 1 fully saturated rings. The average molecular weight is 353 g/mol. The molecule has 0 aliphatic carbocycles. The second-order valence-electron chi connectivity index (χ2n) is 5.11. The number of ether oxygens (including phenoxy) is 1. The van der Waals surface area contributed by atoms with Crippen LogP contribution in [0.5, 0.6) is 5.75 Å². The topological polar surface area (TPSA) is 32.8 Å². The molecule has 0 spiro atoms. The van der Waals surface area contributed by atoms with Gasteiger partial charge >= 0.3 is 0 Å². The number of para-hydroxylation sites is 1. The minimum absolute atomic E-state index is 0.0454. The fraction of sp³-hybridized carbons (Fsp3) is 0.438. The van der Waals surface area contributed by atoms with Gasteiger partial charge in [-0.1, -0.05) is 18.2 Å². The molecule has 0 bridgehead atoms. The first-order valence-electron chi connectivity index (χ1n) is 7.15. The van der Waals surface area contributed by atoms with Crippen molar-refractivity contribution in [2.24, 2.45) is 0 Å². The van der Waals surface area contributed by atoms with Gasteiger partial charge in [0.2, 0.25) is 0 Å². The molecule has 4 nitrogen and oxygen atoms in total. The third-order valence-corrected chi connectivity index (χ3v) is 4.21. The van der Waals surface area contributed by atoms with Gasteiger partial charge in [0.1, 0.15) is 5.75 Å². The van der Waals surface area contributed by atoms with Crippen molar-refractivity contribution in [2.45, 2.75) is 13.0 Å². The number of rotatable bonds is 5. The van der Waals surface area contributed by atoms with E-state index in [-0.39, 0.29) is 5.91 Å². The summed E-state index contributed by atoms with van der Waals surface area (Å²) in [7, 11) is 0. The fourth-order valence-corrected chi connectivity index (χ4v) is 2.75. The van der Waals surface area contributed by atoms with Gasteiger partial charge in [-0.15, -0.1) is 6.58 Å². The Kier molecular flexibility index (Phi) is 5.82. The molecular weight excluding hydrogens is 332 g/mol. The number of amides is 1. The number of nitrogens with zero attached hydrogens (tertiary/aromatic N) is 2. The number of hydrogen-bond donors (Lipinski definition) is 0. The highest BCUT2D eigenvalue weighted by Gasteiger charge is 2.25. The van der Waals surface area contributed by atoms with Crippen molar-refractivity contribution >= 4 is 21.8 Å². The highest BCUT2D eigenvalue weighted by molar-refractivity contribution is 9.10. The van der Waals surface area contributed by atoms with Gasteiger partial charge in [-0.3, -0.25) is 9.69 Å². The molecule has 1 atom stereocenters. The van der Waals surface area contributed by atoms with Crippen molar-refractivity contribution in [3.05, 3.63) is 41.4 Å². The van der Waals surface area contributed by atoms with Gasteiger partial charge in [-0.2, -0.15) is 0 Å². The Labute approximate surface area is 134 Å². The summed E-state index contributed by atoms with van der Waals surface area (Å²) in [6.07, 6.45) is 1.42. The van der Waals surface area contributed by atoms with Crippen LogP contribution in [0.3, 0.4) is 0 Å². The number of carbonyl (C=O) groups excluding carboxylic acids is 1. The molecule has 1 aliphatic rings. The summed E-state index contributed by atoms with van der Waals surface area (Å²) in [5, 5.41) is 0. The van der Waals surface area contributed by atoms with Crippen LogP contribution in [0.1, 0.15) is 6.92 Å². The highest BCUT2D eigenvalue weighted by Crippen LogP contribution is 2.25. The van der Waals surface area contributed by atoms with E-state index >= 15 is 0 Å². The molecule has 0 N–H and O–H groups in total. The van der Waals surface area contributed by atoms with Crippen LogP contribution in [0, 0.1) is 0 Å². The SMILES string of the molecule is C=CCN1CCN(C(=O)[C@H](C)Oc2ccccc2Br)CC1. The predicted octanol–water partition coefficient (Wildman–Crippen LogP) is 2.55. The molecule has 0 unspecified atom stereocenters. The number of halogens is 1.